The summed E-state index contributed by atoms with van der Waals surface area (Å²) < 4.78 is 10.7. The predicted octanol–water partition coefficient (Wildman–Crippen LogP) is 1.33. The first-order chi connectivity index (χ1) is 15.5. The van der Waals surface area contributed by atoms with Gasteiger partial charge in [-0.2, -0.15) is 0 Å². The molecule has 1 rings (SSSR count). The van der Waals surface area contributed by atoms with Crippen LogP contribution in [0.15, 0.2) is 12.2 Å². The van der Waals surface area contributed by atoms with Crippen LogP contribution in [0.4, 0.5) is 0 Å². The lowest BCUT2D eigenvalue weighted by atomic mass is 10.0. The van der Waals surface area contributed by atoms with E-state index in [1.54, 1.807) is 20.8 Å². The van der Waals surface area contributed by atoms with Gasteiger partial charge in [-0.3, -0.25) is 24.1 Å². The molecule has 2 N–H and O–H groups in total. The van der Waals surface area contributed by atoms with Gasteiger partial charge in [0.1, 0.15) is 11.8 Å². The van der Waals surface area contributed by atoms with E-state index in [0.717, 1.165) is 4.90 Å². The highest BCUT2D eigenvalue weighted by Gasteiger charge is 2.38. The monoisotopic (exact) mass is 468 g/mol. The third kappa shape index (κ3) is 10.3. The lowest BCUT2D eigenvalue weighted by molar-refractivity contribution is -0.143. The van der Waals surface area contributed by atoms with E-state index in [1.165, 1.54) is 0 Å². The molecule has 33 heavy (non-hydrogen) atoms. The molecule has 0 radical (unpaired) electrons. The van der Waals surface area contributed by atoms with Crippen molar-refractivity contribution in [3.8, 4) is 0 Å². The molecule has 0 saturated carbocycles. The number of hydrogen-bond acceptors (Lipinski definition) is 7. The highest BCUT2D eigenvalue weighted by atomic mass is 16.5. The van der Waals surface area contributed by atoms with E-state index < -0.39 is 17.9 Å². The molecule has 0 aliphatic carbocycles. The van der Waals surface area contributed by atoms with E-state index in [4.69, 9.17) is 14.6 Å². The SMILES string of the molecule is C=C(C)C1CC(=O)N(CCC(=O)CCCOCCOCCC(=O)NC(C(=O)O)C(C)C)C1=O. The van der Waals surface area contributed by atoms with Crippen molar-refractivity contribution in [1.82, 2.24) is 10.2 Å². The first-order valence-corrected chi connectivity index (χ1v) is 11.2. The first kappa shape index (κ1) is 28.4. The second-order valence-corrected chi connectivity index (χ2v) is 8.48. The number of ketones is 1. The summed E-state index contributed by atoms with van der Waals surface area (Å²) in [6, 6.07) is -0.923. The van der Waals surface area contributed by atoms with Gasteiger partial charge >= 0.3 is 5.97 Å². The van der Waals surface area contributed by atoms with E-state index in [0.29, 0.717) is 31.6 Å². The fraction of sp³-hybridized carbons (Fsp3) is 0.696. The van der Waals surface area contributed by atoms with Crippen LogP contribution in [0.2, 0.25) is 0 Å². The molecule has 0 aromatic rings. The number of nitrogens with zero attached hydrogens (tertiary/aromatic N) is 1. The van der Waals surface area contributed by atoms with Gasteiger partial charge in [0.05, 0.1) is 25.7 Å². The summed E-state index contributed by atoms with van der Waals surface area (Å²) in [5, 5.41) is 11.5. The van der Waals surface area contributed by atoms with Crippen LogP contribution in [0.3, 0.4) is 0 Å². The Balaban J connectivity index is 2.05. The van der Waals surface area contributed by atoms with Crippen molar-refractivity contribution in [2.45, 2.75) is 58.9 Å². The minimum absolute atomic E-state index is 0.0405. The van der Waals surface area contributed by atoms with Crippen molar-refractivity contribution in [2.24, 2.45) is 11.8 Å². The zero-order chi connectivity index (χ0) is 25.0. The zero-order valence-electron chi connectivity index (χ0n) is 19.8. The van der Waals surface area contributed by atoms with E-state index >= 15 is 0 Å². The molecule has 1 saturated heterocycles. The number of hydrogen-bond donors (Lipinski definition) is 2. The Kier molecular flexibility index (Phi) is 12.5. The molecule has 1 heterocycles. The number of likely N-dealkylation sites (tertiary alicyclic amines) is 1. The number of carboxylic acid groups (broad SMARTS) is 1. The maximum Gasteiger partial charge on any atom is 0.326 e. The number of Topliss-reactive ketones (excluding diaryl/α,β-unsaturated/α-hetero) is 1. The number of imide groups is 1. The van der Waals surface area contributed by atoms with Gasteiger partial charge in [0.15, 0.2) is 0 Å². The third-order valence-corrected chi connectivity index (χ3v) is 5.29. The summed E-state index contributed by atoms with van der Waals surface area (Å²) >= 11 is 0. The molecule has 1 fully saturated rings. The van der Waals surface area contributed by atoms with Gasteiger partial charge in [-0.15, -0.1) is 0 Å². The molecular weight excluding hydrogens is 432 g/mol. The van der Waals surface area contributed by atoms with Crippen molar-refractivity contribution >= 4 is 29.5 Å². The lowest BCUT2D eigenvalue weighted by Crippen LogP contribution is -2.44. The Morgan fingerprint density at radius 2 is 1.73 bits per heavy atom. The number of carbonyl (C=O) groups is 5. The number of nitrogens with one attached hydrogen (secondary N) is 1. The second kappa shape index (κ2) is 14.5. The van der Waals surface area contributed by atoms with Crippen molar-refractivity contribution in [3.63, 3.8) is 0 Å². The lowest BCUT2D eigenvalue weighted by Gasteiger charge is -2.17. The molecule has 2 atom stereocenters. The van der Waals surface area contributed by atoms with Crippen molar-refractivity contribution < 1.29 is 38.6 Å². The van der Waals surface area contributed by atoms with E-state index in [2.05, 4.69) is 11.9 Å². The zero-order valence-corrected chi connectivity index (χ0v) is 19.8. The van der Waals surface area contributed by atoms with Crippen LogP contribution in [-0.2, 0) is 33.4 Å². The average molecular weight is 469 g/mol. The smallest absolute Gasteiger partial charge is 0.326 e. The molecular formula is C23H36N2O8. The van der Waals surface area contributed by atoms with Gasteiger partial charge < -0.3 is 19.9 Å². The first-order valence-electron chi connectivity index (χ1n) is 11.2. The molecule has 1 aliphatic heterocycles. The topological polar surface area (TPSA) is 139 Å². The summed E-state index contributed by atoms with van der Waals surface area (Å²) in [7, 11) is 0. The van der Waals surface area contributed by atoms with Crippen LogP contribution in [-0.4, -0.2) is 78.5 Å². The van der Waals surface area contributed by atoms with Gasteiger partial charge in [0.25, 0.3) is 0 Å². The maximum absolute atomic E-state index is 12.2. The summed E-state index contributed by atoms with van der Waals surface area (Å²) in [6.45, 7) is 10.1. The standard InChI is InChI=1S/C23H36N2O8/c1-15(2)18-14-20(28)25(22(18)29)9-7-17(26)6-5-10-32-12-13-33-11-8-19(27)24-21(16(3)4)23(30)31/h16,18,21H,1,5-14H2,2-4H3,(H,24,27)(H,30,31). The number of carboxylic acids is 1. The molecule has 1 aliphatic rings. The summed E-state index contributed by atoms with van der Waals surface area (Å²) in [6.07, 6.45) is 1.13. The maximum atomic E-state index is 12.2. The Morgan fingerprint density at radius 1 is 1.09 bits per heavy atom. The van der Waals surface area contributed by atoms with Gasteiger partial charge in [-0.25, -0.2) is 4.79 Å². The molecule has 2 unspecified atom stereocenters. The molecule has 0 bridgehead atoms. The number of rotatable bonds is 17. The van der Waals surface area contributed by atoms with Crippen LogP contribution in [0.5, 0.6) is 0 Å². The third-order valence-electron chi connectivity index (χ3n) is 5.29. The Labute approximate surface area is 194 Å². The molecule has 0 aromatic heterocycles. The van der Waals surface area contributed by atoms with Crippen molar-refractivity contribution in [3.05, 3.63) is 12.2 Å². The highest BCUT2D eigenvalue weighted by molar-refractivity contribution is 6.05. The quantitative estimate of drug-likeness (QED) is 0.185. The van der Waals surface area contributed by atoms with Crippen molar-refractivity contribution in [1.29, 1.82) is 0 Å². The predicted molar refractivity (Wildman–Crippen MR) is 119 cm³/mol. The second-order valence-electron chi connectivity index (χ2n) is 8.48. The van der Waals surface area contributed by atoms with Crippen LogP contribution in [0, 0.1) is 11.8 Å². The summed E-state index contributed by atoms with van der Waals surface area (Å²) in [5.74, 6) is -2.72. The number of amides is 3. The van der Waals surface area contributed by atoms with E-state index in [9.17, 15) is 24.0 Å². The highest BCUT2D eigenvalue weighted by Crippen LogP contribution is 2.25. The Bertz CT molecular complexity index is 734. The van der Waals surface area contributed by atoms with E-state index in [-0.39, 0.29) is 68.4 Å². The minimum Gasteiger partial charge on any atom is -0.480 e. The Hall–Kier alpha value is -2.59. The summed E-state index contributed by atoms with van der Waals surface area (Å²) in [4.78, 5) is 60.1. The van der Waals surface area contributed by atoms with Crippen LogP contribution in [0.25, 0.3) is 0 Å². The van der Waals surface area contributed by atoms with Crippen LogP contribution >= 0.6 is 0 Å². The molecule has 186 valence electrons. The van der Waals surface area contributed by atoms with Gasteiger partial charge in [-0.1, -0.05) is 26.0 Å². The number of carbonyl (C=O) groups excluding carboxylic acids is 4. The van der Waals surface area contributed by atoms with Crippen LogP contribution < -0.4 is 5.32 Å². The van der Waals surface area contributed by atoms with Crippen molar-refractivity contribution in [2.75, 3.05) is 33.0 Å². The molecule has 10 heteroatoms. The van der Waals surface area contributed by atoms with Gasteiger partial charge in [0.2, 0.25) is 17.7 Å². The Morgan fingerprint density at radius 3 is 2.27 bits per heavy atom. The molecule has 0 spiro atoms. The van der Waals surface area contributed by atoms with Gasteiger partial charge in [-0.05, 0) is 19.3 Å². The van der Waals surface area contributed by atoms with Gasteiger partial charge in [0, 0.05) is 38.8 Å². The molecule has 3 amide bonds. The number of ether oxygens (including phenoxy) is 2. The average Bonchev–Trinajstić information content (AvgIpc) is 3.02. The van der Waals surface area contributed by atoms with Crippen LogP contribution in [0.1, 0.15) is 52.9 Å². The van der Waals surface area contributed by atoms with E-state index in [1.807, 2.05) is 0 Å². The molecule has 0 aromatic carbocycles. The fourth-order valence-corrected chi connectivity index (χ4v) is 3.28. The minimum atomic E-state index is -1.07. The largest absolute Gasteiger partial charge is 0.480 e. The summed E-state index contributed by atoms with van der Waals surface area (Å²) in [5.41, 5.74) is 0.657. The fourth-order valence-electron chi connectivity index (χ4n) is 3.28. The molecule has 10 nitrogen and oxygen atoms in total. The normalized spacial score (nSPS) is 16.8. The number of aliphatic carboxylic acids is 1.